The van der Waals surface area contributed by atoms with Crippen molar-refractivity contribution in [2.45, 2.75) is 0 Å². The molecule has 310 valence electrons. The highest BCUT2D eigenvalue weighted by Gasteiger charge is 2.15. The second-order valence-electron chi connectivity index (χ2n) is 15.9. The molecule has 0 N–H and O–H groups in total. The van der Waals surface area contributed by atoms with E-state index in [2.05, 4.69) is 300 Å². The van der Waals surface area contributed by atoms with Gasteiger partial charge in [-0.15, -0.1) is 0 Å². The monoisotopic (exact) mass is 833 g/mol. The molecule has 0 aliphatic carbocycles. The van der Waals surface area contributed by atoms with Gasteiger partial charge in [-0.3, -0.25) is 0 Å². The second-order valence-corrected chi connectivity index (χ2v) is 15.9. The van der Waals surface area contributed by atoms with Crippen LogP contribution in [0.4, 0.5) is 51.2 Å². The molecule has 0 bridgehead atoms. The predicted octanol–water partition coefficient (Wildman–Crippen LogP) is 17.6. The minimum Gasteiger partial charge on any atom is -0.311 e. The zero-order valence-electron chi connectivity index (χ0n) is 36.0. The number of hydrogen-bond donors (Lipinski definition) is 0. The third-order valence-corrected chi connectivity index (χ3v) is 11.6. The summed E-state index contributed by atoms with van der Waals surface area (Å²) in [6.45, 7) is 0. The van der Waals surface area contributed by atoms with Crippen LogP contribution in [0.15, 0.2) is 273 Å². The minimum absolute atomic E-state index is 1.10. The Hall–Kier alpha value is -8.66. The zero-order chi connectivity index (χ0) is 43.6. The lowest BCUT2D eigenvalue weighted by Crippen LogP contribution is -2.09. The highest BCUT2D eigenvalue weighted by Crippen LogP contribution is 2.39. The first kappa shape index (κ1) is 40.4. The van der Waals surface area contributed by atoms with E-state index in [4.69, 9.17) is 0 Å². The highest BCUT2D eigenvalue weighted by molar-refractivity contribution is 5.85. The topological polar surface area (TPSA) is 9.72 Å². The molecule has 0 aliphatic rings. The van der Waals surface area contributed by atoms with E-state index in [-0.39, 0.29) is 0 Å². The van der Waals surface area contributed by atoms with Crippen molar-refractivity contribution < 1.29 is 0 Å². The van der Waals surface area contributed by atoms with Gasteiger partial charge in [0.1, 0.15) is 0 Å². The number of nitrogens with zero attached hydrogens (tertiary/aromatic N) is 3. The lowest BCUT2D eigenvalue weighted by atomic mass is 9.95. The van der Waals surface area contributed by atoms with Crippen LogP contribution < -0.4 is 14.7 Å². The summed E-state index contributed by atoms with van der Waals surface area (Å²) in [7, 11) is 0. The van der Waals surface area contributed by atoms with E-state index in [9.17, 15) is 0 Å². The number of rotatable bonds is 13. The summed E-state index contributed by atoms with van der Waals surface area (Å²) >= 11 is 0. The van der Waals surface area contributed by atoms with Gasteiger partial charge in [0, 0.05) is 51.2 Å². The van der Waals surface area contributed by atoms with Crippen LogP contribution in [0.3, 0.4) is 0 Å². The van der Waals surface area contributed by atoms with Crippen LogP contribution in [0.25, 0.3) is 34.4 Å². The molecule has 0 fully saturated rings. The summed E-state index contributed by atoms with van der Waals surface area (Å²) in [4.78, 5) is 6.89. The average molecular weight is 834 g/mol. The molecule has 0 radical (unpaired) electrons. The van der Waals surface area contributed by atoms with E-state index >= 15 is 0 Å². The van der Waals surface area contributed by atoms with Gasteiger partial charge < -0.3 is 14.7 Å². The number of benzene rings is 10. The number of para-hydroxylation sites is 6. The molecule has 0 heterocycles. The maximum absolute atomic E-state index is 2.32. The van der Waals surface area contributed by atoms with Gasteiger partial charge in [-0.1, -0.05) is 158 Å². The smallest absolute Gasteiger partial charge is 0.0462 e. The third-order valence-electron chi connectivity index (χ3n) is 11.6. The Bertz CT molecular complexity index is 2820. The summed E-state index contributed by atoms with van der Waals surface area (Å²) in [6, 6.07) is 96.8. The van der Waals surface area contributed by atoms with Gasteiger partial charge in [0.05, 0.1) is 0 Å². The third kappa shape index (κ3) is 9.27. The molecule has 0 amide bonds. The number of hydrogen-bond acceptors (Lipinski definition) is 3. The Morgan fingerprint density at radius 2 is 0.415 bits per heavy atom. The molecule has 10 aromatic carbocycles. The molecule has 0 aromatic heterocycles. The molecule has 10 rings (SSSR count). The molecule has 10 aromatic rings. The maximum atomic E-state index is 2.32. The molecule has 3 nitrogen and oxygen atoms in total. The molecular formula is C62H47N3. The summed E-state index contributed by atoms with van der Waals surface area (Å²) < 4.78 is 0. The Kier molecular flexibility index (Phi) is 11.9. The molecule has 0 aliphatic heterocycles. The first-order valence-corrected chi connectivity index (χ1v) is 22.1. The van der Waals surface area contributed by atoms with Gasteiger partial charge >= 0.3 is 0 Å². The molecule has 0 unspecified atom stereocenters. The SMILES string of the molecule is C(=C\c1cc(-c2ccc(N(c3ccccc3)c3ccccc3)cc2)cc(-c2ccc(N(c3ccccc3)c3ccccc3)cc2)c1)/c1ccc(N(c2ccccc2)c2ccccc2)cc1. The Balaban J connectivity index is 1.01. The average Bonchev–Trinajstić information content (AvgIpc) is 3.39. The molecule has 0 saturated carbocycles. The summed E-state index contributed by atoms with van der Waals surface area (Å²) in [5.41, 5.74) is 16.8. The van der Waals surface area contributed by atoms with E-state index < -0.39 is 0 Å². The van der Waals surface area contributed by atoms with E-state index in [1.807, 2.05) is 0 Å². The van der Waals surface area contributed by atoms with Crippen LogP contribution in [0.5, 0.6) is 0 Å². The molecule has 3 heteroatoms. The van der Waals surface area contributed by atoms with Gasteiger partial charge in [0.25, 0.3) is 0 Å². The normalized spacial score (nSPS) is 11.0. The van der Waals surface area contributed by atoms with E-state index in [0.29, 0.717) is 0 Å². The molecule has 0 spiro atoms. The van der Waals surface area contributed by atoms with Crippen LogP contribution in [0.1, 0.15) is 11.1 Å². The van der Waals surface area contributed by atoms with E-state index in [0.717, 1.165) is 84.6 Å². The highest BCUT2D eigenvalue weighted by atomic mass is 15.2. The lowest BCUT2D eigenvalue weighted by Gasteiger charge is -2.25. The van der Waals surface area contributed by atoms with Gasteiger partial charge in [-0.05, 0) is 161 Å². The second kappa shape index (κ2) is 19.2. The predicted molar refractivity (Wildman–Crippen MR) is 277 cm³/mol. The minimum atomic E-state index is 1.10. The van der Waals surface area contributed by atoms with E-state index in [1.54, 1.807) is 0 Å². The maximum Gasteiger partial charge on any atom is 0.0462 e. The van der Waals surface area contributed by atoms with Gasteiger partial charge in [-0.2, -0.15) is 0 Å². The van der Waals surface area contributed by atoms with Crippen LogP contribution >= 0.6 is 0 Å². The molecule has 0 atom stereocenters. The van der Waals surface area contributed by atoms with Crippen molar-refractivity contribution in [3.8, 4) is 22.3 Å². The summed E-state index contributed by atoms with van der Waals surface area (Å²) in [5.74, 6) is 0. The van der Waals surface area contributed by atoms with Gasteiger partial charge in [-0.25, -0.2) is 0 Å². The first-order valence-electron chi connectivity index (χ1n) is 22.1. The summed E-state index contributed by atoms with van der Waals surface area (Å²) in [5, 5.41) is 0. The standard InChI is InChI=1S/C62H47N3/c1-7-19-54(20-8-1)63(55-21-9-2-10-22-55)60-39-33-48(34-40-60)31-32-49-45-52(50-35-41-61(42-36-50)64(56-23-11-3-12-24-56)57-25-13-4-14-26-57)47-53(46-49)51-37-43-62(44-38-51)65(58-27-15-5-16-28-58)59-29-17-6-18-30-59/h1-47H/b32-31+. The fourth-order valence-corrected chi connectivity index (χ4v) is 8.42. The zero-order valence-corrected chi connectivity index (χ0v) is 36.0. The van der Waals surface area contributed by atoms with Crippen molar-refractivity contribution in [2.75, 3.05) is 14.7 Å². The van der Waals surface area contributed by atoms with Crippen molar-refractivity contribution in [3.05, 3.63) is 284 Å². The largest absolute Gasteiger partial charge is 0.311 e. The Labute approximate surface area is 382 Å². The van der Waals surface area contributed by atoms with Gasteiger partial charge in [0.2, 0.25) is 0 Å². The Morgan fingerprint density at radius 1 is 0.185 bits per heavy atom. The van der Waals surface area contributed by atoms with Crippen LogP contribution in [-0.4, -0.2) is 0 Å². The van der Waals surface area contributed by atoms with Crippen LogP contribution in [0, 0.1) is 0 Å². The van der Waals surface area contributed by atoms with Crippen molar-refractivity contribution in [2.24, 2.45) is 0 Å². The first-order chi connectivity index (χ1) is 32.2. The molecule has 0 saturated heterocycles. The van der Waals surface area contributed by atoms with Crippen molar-refractivity contribution >= 4 is 63.3 Å². The molecule has 65 heavy (non-hydrogen) atoms. The Morgan fingerprint density at radius 3 is 0.692 bits per heavy atom. The van der Waals surface area contributed by atoms with Gasteiger partial charge in [0.15, 0.2) is 0 Å². The number of anilines is 9. The van der Waals surface area contributed by atoms with Crippen molar-refractivity contribution in [1.82, 2.24) is 0 Å². The van der Waals surface area contributed by atoms with E-state index in [1.165, 1.54) is 0 Å². The fourth-order valence-electron chi connectivity index (χ4n) is 8.42. The van der Waals surface area contributed by atoms with Crippen molar-refractivity contribution in [1.29, 1.82) is 0 Å². The quantitative estimate of drug-likeness (QED) is 0.107. The van der Waals surface area contributed by atoms with Crippen molar-refractivity contribution in [3.63, 3.8) is 0 Å². The van der Waals surface area contributed by atoms with Crippen LogP contribution in [0.2, 0.25) is 0 Å². The summed E-state index contributed by atoms with van der Waals surface area (Å²) in [6.07, 6.45) is 4.44. The fraction of sp³-hybridized carbons (Fsp3) is 0. The van der Waals surface area contributed by atoms with Crippen LogP contribution in [-0.2, 0) is 0 Å². The lowest BCUT2D eigenvalue weighted by molar-refractivity contribution is 1.28. The molecular weight excluding hydrogens is 787 g/mol.